The topological polar surface area (TPSA) is 138 Å². The number of fused-ring (bicyclic) bond motifs is 5. The zero-order valence-corrected chi connectivity index (χ0v) is 29.9. The van der Waals surface area contributed by atoms with Crippen LogP contribution >= 0.6 is 11.6 Å². The van der Waals surface area contributed by atoms with Crippen molar-refractivity contribution in [2.75, 3.05) is 11.9 Å². The Labute approximate surface area is 278 Å². The van der Waals surface area contributed by atoms with Crippen molar-refractivity contribution < 1.29 is 38.5 Å². The van der Waals surface area contributed by atoms with Crippen LogP contribution in [0.1, 0.15) is 64.5 Å². The normalized spacial score (nSPS) is 34.0. The first-order valence-corrected chi connectivity index (χ1v) is 19.6. The van der Waals surface area contributed by atoms with E-state index in [9.17, 15) is 24.3 Å². The Morgan fingerprint density at radius 2 is 1.93 bits per heavy atom. The van der Waals surface area contributed by atoms with Gasteiger partial charge in [0, 0.05) is 31.7 Å². The summed E-state index contributed by atoms with van der Waals surface area (Å²) in [6.45, 7) is 13.0. The summed E-state index contributed by atoms with van der Waals surface area (Å²) in [4.78, 5) is 51.3. The van der Waals surface area contributed by atoms with Gasteiger partial charge >= 0.3 is 12.1 Å². The quantitative estimate of drug-likeness (QED) is 0.209. The summed E-state index contributed by atoms with van der Waals surface area (Å²) in [5.74, 6) is -1.63. The Hall–Kier alpha value is -2.70. The lowest BCUT2D eigenvalue weighted by molar-refractivity contribution is -0.153. The molecule has 254 valence electrons. The number of nitrogens with zero attached hydrogens (tertiary/aromatic N) is 1. The molecule has 2 saturated heterocycles. The molecule has 0 aliphatic carbocycles. The Bertz CT molecular complexity index is 1410. The van der Waals surface area contributed by atoms with Crippen molar-refractivity contribution >= 4 is 43.6 Å². The molecule has 2 amide bonds. The molecule has 1 aromatic carbocycles. The number of hydrogen-bond acceptors (Lipinski definition) is 8. The summed E-state index contributed by atoms with van der Waals surface area (Å²) in [6.07, 6.45) is 3.88. The van der Waals surface area contributed by atoms with Crippen molar-refractivity contribution in [3.63, 3.8) is 0 Å². The molecule has 7 atom stereocenters. The number of amides is 2. The predicted octanol–water partition coefficient (Wildman–Crippen LogP) is 5.57. The van der Waals surface area contributed by atoms with Gasteiger partial charge in [-0.3, -0.25) is 14.9 Å². The molecule has 46 heavy (non-hydrogen) atoms. The van der Waals surface area contributed by atoms with Gasteiger partial charge in [-0.1, -0.05) is 55.3 Å². The fourth-order valence-corrected chi connectivity index (χ4v) is 7.71. The van der Waals surface area contributed by atoms with E-state index in [-0.39, 0.29) is 25.2 Å². The van der Waals surface area contributed by atoms with Gasteiger partial charge in [-0.05, 0) is 69.9 Å². The maximum atomic E-state index is 13.9. The van der Waals surface area contributed by atoms with Crippen molar-refractivity contribution in [2.45, 2.75) is 115 Å². The molecule has 3 N–H and O–H groups in total. The number of aliphatic hydroxyl groups is 1. The minimum Gasteiger partial charge on any atom is -0.459 e. The Morgan fingerprint density at radius 1 is 1.24 bits per heavy atom. The number of halogens is 1. The maximum Gasteiger partial charge on any atom is 0.409 e. The van der Waals surface area contributed by atoms with Crippen LogP contribution in [0.2, 0.25) is 24.2 Å². The van der Waals surface area contributed by atoms with E-state index < -0.39 is 61.9 Å². The zero-order chi connectivity index (χ0) is 34.2. The number of epoxide rings is 1. The number of aryl methyl sites for hydroxylation is 1. The highest BCUT2D eigenvalue weighted by molar-refractivity contribution is 6.69. The van der Waals surface area contributed by atoms with Gasteiger partial charge in [0.05, 0.1) is 23.2 Å². The van der Waals surface area contributed by atoms with Gasteiger partial charge in [0.1, 0.15) is 23.5 Å². The second-order valence-corrected chi connectivity index (χ2v) is 18.7. The van der Waals surface area contributed by atoms with Crippen molar-refractivity contribution in [3.8, 4) is 0 Å². The standard InChI is InChI=1S/C34H49ClN2O8Si/c1-20-11-9-12-22(3)34(41)19-26(43-32(40)36-34)23(4)31-33(5,45-31)27(44-29(39)13-10-14-46(7,8)42)18-28(38)37(6)25-17-24(15-20)16-21(2)30(25)35/h9,11-12,16-17,22-23,26-27,31,41-42H,10,13-15,18-19H2,1-8H3,(H,36,40)/b12-9+,20-11+/t22-,23-,26+,27+,31+,33-,34+/m1/s1. The third-order valence-corrected chi connectivity index (χ3v) is 11.6. The number of rotatable bonds is 5. The van der Waals surface area contributed by atoms with Crippen LogP contribution in [-0.2, 0) is 30.2 Å². The van der Waals surface area contributed by atoms with E-state index in [2.05, 4.69) is 5.32 Å². The van der Waals surface area contributed by atoms with Crippen LogP contribution in [0, 0.1) is 18.8 Å². The zero-order valence-electron chi connectivity index (χ0n) is 28.2. The van der Waals surface area contributed by atoms with E-state index in [0.29, 0.717) is 29.6 Å². The number of anilines is 1. The van der Waals surface area contributed by atoms with Crippen LogP contribution in [0.5, 0.6) is 0 Å². The number of alkyl carbamates (subject to hydrolysis) is 1. The molecule has 0 aromatic heterocycles. The highest BCUT2D eigenvalue weighted by Crippen LogP contribution is 2.49. The van der Waals surface area contributed by atoms with Gasteiger partial charge in [-0.2, -0.15) is 0 Å². The SMILES string of the molecule is C/C1=C\C=C\[C@@H](C)[C@@]2(O)C[C@H](OC(=O)N2)[C@@H](C)[C@@H]2O[C@]2(C)[C@@H](OC(=O)CCC[Si](C)(C)O)CC(=O)N(C)c2cc(cc(C)c2Cl)C1. The summed E-state index contributed by atoms with van der Waals surface area (Å²) in [5, 5.41) is 14.6. The third-order valence-electron chi connectivity index (χ3n) is 9.53. The number of ether oxygens (including phenoxy) is 3. The summed E-state index contributed by atoms with van der Waals surface area (Å²) < 4.78 is 17.8. The monoisotopic (exact) mass is 676 g/mol. The van der Waals surface area contributed by atoms with Crippen LogP contribution in [-0.4, -0.2) is 72.9 Å². The number of benzene rings is 1. The lowest BCUT2D eigenvalue weighted by Gasteiger charge is -2.41. The van der Waals surface area contributed by atoms with Crippen LogP contribution in [0.3, 0.4) is 0 Å². The van der Waals surface area contributed by atoms with Crippen molar-refractivity contribution in [1.29, 1.82) is 0 Å². The summed E-state index contributed by atoms with van der Waals surface area (Å²) in [6, 6.07) is 4.43. The fourth-order valence-electron chi connectivity index (χ4n) is 6.43. The van der Waals surface area contributed by atoms with Gasteiger partial charge in [0.25, 0.3) is 0 Å². The van der Waals surface area contributed by atoms with E-state index in [1.807, 2.05) is 71.1 Å². The first kappa shape index (κ1) is 36.1. The average molecular weight is 677 g/mol. The summed E-state index contributed by atoms with van der Waals surface area (Å²) >= 11 is 6.73. The van der Waals surface area contributed by atoms with Gasteiger partial charge in [-0.15, -0.1) is 0 Å². The molecule has 3 aliphatic rings. The Kier molecular flexibility index (Phi) is 10.8. The molecule has 4 rings (SSSR count). The number of esters is 1. The molecule has 3 aliphatic heterocycles. The molecule has 0 saturated carbocycles. The molecule has 2 fully saturated rings. The molecule has 12 heteroatoms. The van der Waals surface area contributed by atoms with E-state index in [1.165, 1.54) is 4.90 Å². The van der Waals surface area contributed by atoms with Crippen LogP contribution in [0.25, 0.3) is 0 Å². The molecule has 4 bridgehead atoms. The highest BCUT2D eigenvalue weighted by Gasteiger charge is 2.64. The lowest BCUT2D eigenvalue weighted by atomic mass is 9.82. The molecular weight excluding hydrogens is 628 g/mol. The average Bonchev–Trinajstić information content (AvgIpc) is 3.64. The van der Waals surface area contributed by atoms with Crippen LogP contribution in [0.15, 0.2) is 35.9 Å². The van der Waals surface area contributed by atoms with Crippen molar-refractivity contribution in [2.24, 2.45) is 11.8 Å². The minimum atomic E-state index is -2.34. The second kappa shape index (κ2) is 13.8. The smallest absolute Gasteiger partial charge is 0.409 e. The molecular formula is C34H49ClN2O8Si. The number of hydrogen-bond donors (Lipinski definition) is 3. The van der Waals surface area contributed by atoms with Gasteiger partial charge in [0.2, 0.25) is 5.91 Å². The summed E-state index contributed by atoms with van der Waals surface area (Å²) in [5.41, 5.74) is 0.777. The first-order chi connectivity index (χ1) is 21.3. The maximum absolute atomic E-state index is 13.9. The number of allylic oxidation sites excluding steroid dienone is 3. The van der Waals surface area contributed by atoms with Crippen molar-refractivity contribution in [1.82, 2.24) is 5.32 Å². The van der Waals surface area contributed by atoms with Gasteiger partial charge < -0.3 is 29.0 Å². The highest BCUT2D eigenvalue weighted by atomic mass is 35.5. The van der Waals surface area contributed by atoms with E-state index >= 15 is 0 Å². The van der Waals surface area contributed by atoms with Crippen LogP contribution in [0.4, 0.5) is 10.5 Å². The van der Waals surface area contributed by atoms with E-state index in [4.69, 9.17) is 25.8 Å². The second-order valence-electron chi connectivity index (χ2n) is 14.2. The molecule has 1 aromatic rings. The molecule has 0 spiro atoms. The number of carbonyl (C=O) groups excluding carboxylic acids is 3. The number of nitrogens with one attached hydrogen (secondary N) is 1. The van der Waals surface area contributed by atoms with E-state index in [0.717, 1.165) is 16.7 Å². The predicted molar refractivity (Wildman–Crippen MR) is 179 cm³/mol. The minimum absolute atomic E-state index is 0.0953. The largest absolute Gasteiger partial charge is 0.459 e. The lowest BCUT2D eigenvalue weighted by Crippen LogP contribution is -2.60. The molecule has 3 heterocycles. The Morgan fingerprint density at radius 3 is 2.61 bits per heavy atom. The number of carbonyl (C=O) groups is 3. The van der Waals surface area contributed by atoms with Crippen LogP contribution < -0.4 is 10.2 Å². The van der Waals surface area contributed by atoms with Crippen molar-refractivity contribution in [3.05, 3.63) is 52.1 Å². The molecule has 10 nitrogen and oxygen atoms in total. The van der Waals surface area contributed by atoms with Gasteiger partial charge in [0.15, 0.2) is 8.32 Å². The summed E-state index contributed by atoms with van der Waals surface area (Å²) in [7, 11) is -0.689. The third kappa shape index (κ3) is 8.41. The van der Waals surface area contributed by atoms with Gasteiger partial charge in [-0.25, -0.2) is 4.79 Å². The fraction of sp³-hybridized carbons (Fsp3) is 0.618. The molecule has 0 radical (unpaired) electrons. The molecule has 0 unspecified atom stereocenters. The first-order valence-electron chi connectivity index (χ1n) is 16.0. The van der Waals surface area contributed by atoms with E-state index in [1.54, 1.807) is 14.0 Å². The Balaban J connectivity index is 1.71.